The zero-order chi connectivity index (χ0) is 9.42. The molecule has 0 aliphatic carbocycles. The summed E-state index contributed by atoms with van der Waals surface area (Å²) in [5, 5.41) is 10.6. The van der Waals surface area contributed by atoms with Crippen LogP contribution >= 0.6 is 35.6 Å². The van der Waals surface area contributed by atoms with Gasteiger partial charge in [0.1, 0.15) is 0 Å². The van der Waals surface area contributed by atoms with Crippen LogP contribution in [0.25, 0.3) is 10.1 Å². The van der Waals surface area contributed by atoms with E-state index in [0.29, 0.717) is 5.02 Å². The molecule has 0 aliphatic rings. The van der Waals surface area contributed by atoms with Crippen LogP contribution in [0.5, 0.6) is 0 Å². The highest BCUT2D eigenvalue weighted by atomic mass is 35.5. The summed E-state index contributed by atoms with van der Waals surface area (Å²) in [6, 6.07) is 5.67. The van der Waals surface area contributed by atoms with Crippen LogP contribution in [0.15, 0.2) is 23.1 Å². The topological polar surface area (TPSA) is 20.2 Å². The SMILES string of the molecule is OCc1cc2c(Cl)cc(S)cc2s1. The fourth-order valence-electron chi connectivity index (χ4n) is 1.21. The normalized spacial score (nSPS) is 11.0. The number of fused-ring (bicyclic) bond motifs is 1. The van der Waals surface area contributed by atoms with Crippen LogP contribution in [0.1, 0.15) is 4.88 Å². The van der Waals surface area contributed by atoms with Crippen LogP contribution in [-0.4, -0.2) is 5.11 Å². The van der Waals surface area contributed by atoms with Crippen molar-refractivity contribution in [2.24, 2.45) is 0 Å². The van der Waals surface area contributed by atoms with Gasteiger partial charge in [0.25, 0.3) is 0 Å². The number of halogens is 1. The van der Waals surface area contributed by atoms with Gasteiger partial charge in [-0.15, -0.1) is 24.0 Å². The first kappa shape index (κ1) is 9.34. The van der Waals surface area contributed by atoms with Crippen LogP contribution in [0.4, 0.5) is 0 Å². The molecule has 0 amide bonds. The Hall–Kier alpha value is -0.220. The average molecular weight is 231 g/mol. The van der Waals surface area contributed by atoms with E-state index in [4.69, 9.17) is 16.7 Å². The minimum atomic E-state index is 0.0670. The molecule has 0 radical (unpaired) electrons. The van der Waals surface area contributed by atoms with Crippen molar-refractivity contribution in [2.45, 2.75) is 11.5 Å². The Morgan fingerprint density at radius 3 is 2.85 bits per heavy atom. The van der Waals surface area contributed by atoms with Gasteiger partial charge in [-0.3, -0.25) is 0 Å². The predicted molar refractivity (Wildman–Crippen MR) is 60.0 cm³/mol. The highest BCUT2D eigenvalue weighted by Gasteiger charge is 2.05. The molecule has 0 atom stereocenters. The second-order valence-electron chi connectivity index (χ2n) is 2.71. The lowest BCUT2D eigenvalue weighted by Gasteiger charge is -1.94. The van der Waals surface area contributed by atoms with Crippen molar-refractivity contribution in [3.05, 3.63) is 28.1 Å². The lowest BCUT2D eigenvalue weighted by atomic mass is 10.2. The van der Waals surface area contributed by atoms with Gasteiger partial charge < -0.3 is 5.11 Å². The number of hydrogen-bond donors (Lipinski definition) is 2. The summed E-state index contributed by atoms with van der Waals surface area (Å²) in [6.07, 6.45) is 0. The van der Waals surface area contributed by atoms with Crippen LogP contribution < -0.4 is 0 Å². The van der Waals surface area contributed by atoms with Crippen molar-refractivity contribution in [1.29, 1.82) is 0 Å². The predicted octanol–water partition coefficient (Wildman–Crippen LogP) is 3.34. The molecule has 0 fully saturated rings. The van der Waals surface area contributed by atoms with Gasteiger partial charge in [0.15, 0.2) is 0 Å². The molecule has 13 heavy (non-hydrogen) atoms. The number of thiophene rings is 1. The highest BCUT2D eigenvalue weighted by Crippen LogP contribution is 2.33. The molecule has 1 aromatic carbocycles. The lowest BCUT2D eigenvalue weighted by Crippen LogP contribution is -1.71. The average Bonchev–Trinajstić information content (AvgIpc) is 2.47. The van der Waals surface area contributed by atoms with Gasteiger partial charge in [0, 0.05) is 19.9 Å². The maximum atomic E-state index is 8.95. The Labute approximate surface area is 90.4 Å². The van der Waals surface area contributed by atoms with Crippen LogP contribution in [0.2, 0.25) is 5.02 Å². The minimum Gasteiger partial charge on any atom is -0.391 e. The standard InChI is InChI=1S/C9H7ClOS2/c10-8-1-5(12)2-9-7(8)3-6(4-11)13-9/h1-3,11-12H,4H2. The highest BCUT2D eigenvalue weighted by molar-refractivity contribution is 7.80. The maximum Gasteiger partial charge on any atom is 0.0774 e. The smallest absolute Gasteiger partial charge is 0.0774 e. The molecule has 68 valence electrons. The molecule has 0 spiro atoms. The molecule has 0 unspecified atom stereocenters. The van der Waals surface area contributed by atoms with Crippen LogP contribution in [0, 0.1) is 0 Å². The molecule has 2 aromatic rings. The van der Waals surface area contributed by atoms with Gasteiger partial charge in [-0.25, -0.2) is 0 Å². The zero-order valence-electron chi connectivity index (χ0n) is 6.62. The summed E-state index contributed by atoms with van der Waals surface area (Å²) in [7, 11) is 0. The van der Waals surface area contributed by atoms with E-state index in [9.17, 15) is 0 Å². The summed E-state index contributed by atoms with van der Waals surface area (Å²) in [6.45, 7) is 0.0670. The lowest BCUT2D eigenvalue weighted by molar-refractivity contribution is 0.285. The van der Waals surface area contributed by atoms with E-state index >= 15 is 0 Å². The molecular weight excluding hydrogens is 224 g/mol. The maximum absolute atomic E-state index is 8.95. The minimum absolute atomic E-state index is 0.0670. The largest absolute Gasteiger partial charge is 0.391 e. The van der Waals surface area contributed by atoms with E-state index in [2.05, 4.69) is 12.6 Å². The fraction of sp³-hybridized carbons (Fsp3) is 0.111. The van der Waals surface area contributed by atoms with Gasteiger partial charge in [-0.05, 0) is 18.2 Å². The first-order valence-corrected chi connectivity index (χ1v) is 5.36. The molecule has 1 N–H and O–H groups in total. The number of hydrogen-bond acceptors (Lipinski definition) is 3. The Kier molecular flexibility index (Phi) is 2.51. The Bertz CT molecular complexity index is 450. The summed E-state index contributed by atoms with van der Waals surface area (Å²) < 4.78 is 1.07. The molecule has 2 rings (SSSR count). The van der Waals surface area contributed by atoms with E-state index < -0.39 is 0 Å². The molecule has 1 heterocycles. The van der Waals surface area contributed by atoms with E-state index in [1.807, 2.05) is 12.1 Å². The summed E-state index contributed by atoms with van der Waals surface area (Å²) >= 11 is 11.8. The molecule has 1 nitrogen and oxygen atoms in total. The van der Waals surface area contributed by atoms with Crippen molar-refractivity contribution in [1.82, 2.24) is 0 Å². The first-order chi connectivity index (χ1) is 6.20. The summed E-state index contributed by atoms with van der Waals surface area (Å²) in [5.41, 5.74) is 0. The molecule has 0 saturated heterocycles. The van der Waals surface area contributed by atoms with Gasteiger partial charge in [-0.1, -0.05) is 11.6 Å². The third kappa shape index (κ3) is 1.70. The molecule has 1 aromatic heterocycles. The fourth-order valence-corrected chi connectivity index (χ4v) is 2.95. The van der Waals surface area contributed by atoms with Gasteiger partial charge in [-0.2, -0.15) is 0 Å². The third-order valence-corrected chi connectivity index (χ3v) is 3.42. The molecule has 0 saturated carbocycles. The number of rotatable bonds is 1. The van der Waals surface area contributed by atoms with E-state index in [0.717, 1.165) is 19.9 Å². The summed E-state index contributed by atoms with van der Waals surface area (Å²) in [5.74, 6) is 0. The third-order valence-electron chi connectivity index (χ3n) is 1.78. The first-order valence-electron chi connectivity index (χ1n) is 3.72. The number of aliphatic hydroxyl groups excluding tert-OH is 1. The quantitative estimate of drug-likeness (QED) is 0.720. The monoisotopic (exact) mass is 230 g/mol. The second kappa shape index (κ2) is 3.50. The van der Waals surface area contributed by atoms with Crippen molar-refractivity contribution in [2.75, 3.05) is 0 Å². The second-order valence-corrected chi connectivity index (χ2v) is 4.80. The van der Waals surface area contributed by atoms with Gasteiger partial charge >= 0.3 is 0 Å². The van der Waals surface area contributed by atoms with Crippen molar-refractivity contribution in [3.8, 4) is 0 Å². The zero-order valence-corrected chi connectivity index (χ0v) is 9.09. The van der Waals surface area contributed by atoms with Crippen LogP contribution in [-0.2, 0) is 6.61 Å². The van der Waals surface area contributed by atoms with Gasteiger partial charge in [0.2, 0.25) is 0 Å². The molecule has 0 aliphatic heterocycles. The number of thiol groups is 1. The van der Waals surface area contributed by atoms with Crippen molar-refractivity contribution >= 4 is 45.7 Å². The molecule has 4 heteroatoms. The molecule has 0 bridgehead atoms. The molecular formula is C9H7ClOS2. The van der Waals surface area contributed by atoms with Crippen LogP contribution in [0.3, 0.4) is 0 Å². The van der Waals surface area contributed by atoms with E-state index in [-0.39, 0.29) is 6.61 Å². The summed E-state index contributed by atoms with van der Waals surface area (Å²) in [4.78, 5) is 1.78. The number of aliphatic hydroxyl groups is 1. The van der Waals surface area contributed by atoms with Gasteiger partial charge in [0.05, 0.1) is 11.6 Å². The Morgan fingerprint density at radius 2 is 2.15 bits per heavy atom. The number of benzene rings is 1. The Morgan fingerprint density at radius 1 is 1.38 bits per heavy atom. The van der Waals surface area contributed by atoms with E-state index in [1.54, 1.807) is 17.4 Å². The van der Waals surface area contributed by atoms with E-state index in [1.165, 1.54) is 0 Å². The van der Waals surface area contributed by atoms with Crippen molar-refractivity contribution in [3.63, 3.8) is 0 Å². The Balaban J connectivity index is 2.75. The van der Waals surface area contributed by atoms with Crippen molar-refractivity contribution < 1.29 is 5.11 Å².